The summed E-state index contributed by atoms with van der Waals surface area (Å²) >= 11 is 0. The fourth-order valence-electron chi connectivity index (χ4n) is 7.09. The Labute approximate surface area is 264 Å². The molecule has 3 aromatic rings. The third kappa shape index (κ3) is 7.83. The molecule has 3 fully saturated rings. The summed E-state index contributed by atoms with van der Waals surface area (Å²) in [6, 6.07) is 13.1. The molecule has 45 heavy (non-hydrogen) atoms. The number of furan rings is 1. The van der Waals surface area contributed by atoms with Crippen LogP contribution in [0.25, 0.3) is 21.9 Å². The van der Waals surface area contributed by atoms with Crippen LogP contribution < -0.4 is 10.1 Å². The molecule has 3 aliphatic rings. The standard InChI is InChI=1S/C35H45N3O7/c39-32(36-19-7-1-2-8-24-42-33(40)38-22-17-35(18-23-38)15-5-6-16-35)43-26-13-20-37(21-14-26)34(41)44-27-11-12-31-29(25-27)28-9-3-4-10-30(28)45-31/h3-4,9-12,25-26H,1-2,5-8,13-24H2,(H,36,39). The first-order valence-corrected chi connectivity index (χ1v) is 16.7. The molecule has 1 aromatic heterocycles. The van der Waals surface area contributed by atoms with Crippen molar-refractivity contribution in [3.8, 4) is 5.75 Å². The largest absolute Gasteiger partial charge is 0.456 e. The predicted octanol–water partition coefficient (Wildman–Crippen LogP) is 7.63. The van der Waals surface area contributed by atoms with Gasteiger partial charge in [-0.2, -0.15) is 0 Å². The van der Waals surface area contributed by atoms with E-state index in [9.17, 15) is 14.4 Å². The zero-order chi connectivity index (χ0) is 31.1. The minimum Gasteiger partial charge on any atom is -0.456 e. The van der Waals surface area contributed by atoms with Crippen LogP contribution in [0.1, 0.15) is 77.0 Å². The van der Waals surface area contributed by atoms with Crippen molar-refractivity contribution in [1.29, 1.82) is 0 Å². The zero-order valence-electron chi connectivity index (χ0n) is 26.1. The number of para-hydroxylation sites is 1. The van der Waals surface area contributed by atoms with Gasteiger partial charge in [-0.3, -0.25) is 0 Å². The fraction of sp³-hybridized carbons (Fsp3) is 0.571. The first kappa shape index (κ1) is 31.0. The van der Waals surface area contributed by atoms with Crippen molar-refractivity contribution in [3.05, 3.63) is 42.5 Å². The quantitative estimate of drug-likeness (QED) is 0.245. The molecule has 242 valence electrons. The maximum Gasteiger partial charge on any atom is 0.415 e. The number of nitrogens with zero attached hydrogens (tertiary/aromatic N) is 2. The first-order valence-electron chi connectivity index (χ1n) is 16.7. The van der Waals surface area contributed by atoms with Gasteiger partial charge in [-0.05, 0) is 74.6 Å². The van der Waals surface area contributed by atoms with Gasteiger partial charge in [0.25, 0.3) is 0 Å². The highest BCUT2D eigenvalue weighted by Crippen LogP contribution is 2.46. The highest BCUT2D eigenvalue weighted by Gasteiger charge is 2.38. The Hall–Kier alpha value is -3.95. The normalized spacial score (nSPS) is 18.4. The molecule has 10 heteroatoms. The molecule has 0 bridgehead atoms. The summed E-state index contributed by atoms with van der Waals surface area (Å²) in [5.41, 5.74) is 2.04. The number of ether oxygens (including phenoxy) is 3. The van der Waals surface area contributed by atoms with Crippen molar-refractivity contribution < 1.29 is 33.0 Å². The van der Waals surface area contributed by atoms with E-state index in [2.05, 4.69) is 5.32 Å². The van der Waals surface area contributed by atoms with E-state index in [1.165, 1.54) is 25.7 Å². The van der Waals surface area contributed by atoms with Gasteiger partial charge in [0, 0.05) is 56.3 Å². The molecule has 0 unspecified atom stereocenters. The molecule has 3 heterocycles. The number of unbranched alkanes of at least 4 members (excludes halogenated alkanes) is 3. The number of hydrogen-bond donors (Lipinski definition) is 1. The summed E-state index contributed by atoms with van der Waals surface area (Å²) in [6.45, 7) is 3.55. The van der Waals surface area contributed by atoms with Crippen molar-refractivity contribution in [1.82, 2.24) is 15.1 Å². The van der Waals surface area contributed by atoms with E-state index in [0.717, 1.165) is 73.6 Å². The summed E-state index contributed by atoms with van der Waals surface area (Å²) < 4.78 is 22.6. The summed E-state index contributed by atoms with van der Waals surface area (Å²) in [6.07, 6.45) is 11.0. The van der Waals surface area contributed by atoms with Gasteiger partial charge in [0.2, 0.25) is 0 Å². The van der Waals surface area contributed by atoms with Crippen LogP contribution in [-0.4, -0.2) is 73.5 Å². The van der Waals surface area contributed by atoms with Crippen LogP contribution in [0.2, 0.25) is 0 Å². The van der Waals surface area contributed by atoms with Gasteiger partial charge in [0.05, 0.1) is 6.61 Å². The summed E-state index contributed by atoms with van der Waals surface area (Å²) in [5.74, 6) is 0.465. The van der Waals surface area contributed by atoms with E-state index in [0.29, 0.717) is 50.2 Å². The first-order chi connectivity index (χ1) is 22.0. The third-order valence-electron chi connectivity index (χ3n) is 9.84. The van der Waals surface area contributed by atoms with Crippen LogP contribution in [0, 0.1) is 5.41 Å². The number of rotatable bonds is 9. The van der Waals surface area contributed by atoms with Crippen molar-refractivity contribution in [2.24, 2.45) is 5.41 Å². The number of carbonyl (C=O) groups is 3. The SMILES string of the molecule is O=C(NCCCCCCOC(=O)N1CCC2(CCCC2)CC1)OC1CCN(C(=O)Oc2ccc3oc4ccccc4c3c2)CC1. The lowest BCUT2D eigenvalue weighted by Gasteiger charge is -2.38. The Morgan fingerprint density at radius 1 is 0.800 bits per heavy atom. The highest BCUT2D eigenvalue weighted by molar-refractivity contribution is 6.05. The van der Waals surface area contributed by atoms with E-state index in [1.54, 1.807) is 11.0 Å². The summed E-state index contributed by atoms with van der Waals surface area (Å²) in [5, 5.41) is 4.71. The lowest BCUT2D eigenvalue weighted by atomic mass is 9.77. The smallest absolute Gasteiger partial charge is 0.415 e. The van der Waals surface area contributed by atoms with Gasteiger partial charge in [0.15, 0.2) is 0 Å². The molecule has 2 aromatic carbocycles. The van der Waals surface area contributed by atoms with E-state index in [-0.39, 0.29) is 12.2 Å². The number of amides is 3. The van der Waals surface area contributed by atoms with Crippen LogP contribution in [0.3, 0.4) is 0 Å². The van der Waals surface area contributed by atoms with Crippen molar-refractivity contribution in [3.63, 3.8) is 0 Å². The second kappa shape index (κ2) is 14.4. The molecule has 2 saturated heterocycles. The van der Waals surface area contributed by atoms with Gasteiger partial charge < -0.3 is 33.7 Å². The van der Waals surface area contributed by atoms with Gasteiger partial charge >= 0.3 is 18.3 Å². The topological polar surface area (TPSA) is 111 Å². The second-order valence-electron chi connectivity index (χ2n) is 12.9. The second-order valence-corrected chi connectivity index (χ2v) is 12.9. The van der Waals surface area contributed by atoms with E-state index < -0.39 is 12.2 Å². The number of nitrogens with one attached hydrogen (secondary N) is 1. The number of alkyl carbamates (subject to hydrolysis) is 1. The maximum absolute atomic E-state index is 12.8. The lowest BCUT2D eigenvalue weighted by molar-refractivity contribution is 0.0523. The molecule has 10 nitrogen and oxygen atoms in total. The Kier molecular flexibility index (Phi) is 9.96. The van der Waals surface area contributed by atoms with E-state index >= 15 is 0 Å². The lowest BCUT2D eigenvalue weighted by Crippen LogP contribution is -2.43. The number of piperidine rings is 2. The highest BCUT2D eigenvalue weighted by atomic mass is 16.6. The van der Waals surface area contributed by atoms with Gasteiger partial charge in [0.1, 0.15) is 23.0 Å². The summed E-state index contributed by atoms with van der Waals surface area (Å²) in [7, 11) is 0. The number of likely N-dealkylation sites (tertiary alicyclic amines) is 2. The van der Waals surface area contributed by atoms with Crippen LogP contribution in [0.4, 0.5) is 14.4 Å². The van der Waals surface area contributed by atoms with Gasteiger partial charge in [-0.25, -0.2) is 14.4 Å². The van der Waals surface area contributed by atoms with Crippen LogP contribution >= 0.6 is 0 Å². The van der Waals surface area contributed by atoms with Gasteiger partial charge in [-0.1, -0.05) is 37.5 Å². The molecule has 0 atom stereocenters. The fourth-order valence-corrected chi connectivity index (χ4v) is 7.09. The number of hydrogen-bond acceptors (Lipinski definition) is 7. The molecular formula is C35H45N3O7. The molecule has 1 aliphatic carbocycles. The maximum atomic E-state index is 12.8. The van der Waals surface area contributed by atoms with Crippen LogP contribution in [0.15, 0.2) is 46.9 Å². The number of carbonyl (C=O) groups excluding carboxylic acids is 3. The minimum absolute atomic E-state index is 0.170. The summed E-state index contributed by atoms with van der Waals surface area (Å²) in [4.78, 5) is 41.0. The van der Waals surface area contributed by atoms with Crippen LogP contribution in [0.5, 0.6) is 5.75 Å². The molecule has 6 rings (SSSR count). The number of fused-ring (bicyclic) bond motifs is 3. The van der Waals surface area contributed by atoms with Crippen molar-refractivity contribution >= 4 is 40.2 Å². The Morgan fingerprint density at radius 3 is 2.31 bits per heavy atom. The molecular weight excluding hydrogens is 574 g/mol. The zero-order valence-corrected chi connectivity index (χ0v) is 26.1. The minimum atomic E-state index is -0.425. The Morgan fingerprint density at radius 2 is 1.51 bits per heavy atom. The van der Waals surface area contributed by atoms with Crippen molar-refractivity contribution in [2.45, 2.75) is 83.2 Å². The van der Waals surface area contributed by atoms with E-state index in [1.807, 2.05) is 41.3 Å². The molecule has 1 spiro atoms. The van der Waals surface area contributed by atoms with E-state index in [4.69, 9.17) is 18.6 Å². The van der Waals surface area contributed by atoms with Crippen molar-refractivity contribution in [2.75, 3.05) is 39.3 Å². The molecule has 1 N–H and O–H groups in total. The van der Waals surface area contributed by atoms with Gasteiger partial charge in [-0.15, -0.1) is 0 Å². The molecule has 2 aliphatic heterocycles. The average molecular weight is 620 g/mol. The average Bonchev–Trinajstić information content (AvgIpc) is 3.67. The monoisotopic (exact) mass is 619 g/mol. The Bertz CT molecular complexity index is 1460. The Balaban J connectivity index is 0.799. The third-order valence-corrected chi connectivity index (χ3v) is 9.84. The molecule has 3 amide bonds. The molecule has 1 saturated carbocycles. The predicted molar refractivity (Wildman–Crippen MR) is 170 cm³/mol. The van der Waals surface area contributed by atoms with Crippen LogP contribution in [-0.2, 0) is 9.47 Å². The molecule has 0 radical (unpaired) electrons. The number of benzene rings is 2.